The van der Waals surface area contributed by atoms with Crippen molar-refractivity contribution in [2.45, 2.75) is 45.1 Å². The first-order valence-corrected chi connectivity index (χ1v) is 14.0. The van der Waals surface area contributed by atoms with Crippen molar-refractivity contribution in [1.82, 2.24) is 19.4 Å². The van der Waals surface area contributed by atoms with Gasteiger partial charge in [0, 0.05) is 62.3 Å². The number of halogens is 1. The Labute approximate surface area is 228 Å². The van der Waals surface area contributed by atoms with Crippen LogP contribution in [0, 0.1) is 5.92 Å². The number of carbonyl (C=O) groups is 2. The molecular weight excluding hydrogens is 502 g/mol. The normalized spacial score (nSPS) is 17.7. The molecule has 38 heavy (non-hydrogen) atoms. The zero-order chi connectivity index (χ0) is 26.6. The Morgan fingerprint density at radius 2 is 1.74 bits per heavy atom. The second kappa shape index (κ2) is 11.7. The summed E-state index contributed by atoms with van der Waals surface area (Å²) in [5.74, 6) is 0.101. The van der Waals surface area contributed by atoms with Gasteiger partial charge >= 0.3 is 5.69 Å². The molecule has 0 atom stereocenters. The lowest BCUT2D eigenvalue weighted by Gasteiger charge is -2.35. The molecule has 0 spiro atoms. The number of carbonyl (C=O) groups excluding carboxylic acids is 2. The number of hydrogen-bond acceptors (Lipinski definition) is 4. The largest absolute Gasteiger partial charge is 0.343 e. The molecule has 0 radical (unpaired) electrons. The summed E-state index contributed by atoms with van der Waals surface area (Å²) >= 11 is 6.28. The van der Waals surface area contributed by atoms with Crippen molar-refractivity contribution in [3.63, 3.8) is 0 Å². The van der Waals surface area contributed by atoms with E-state index in [9.17, 15) is 14.4 Å². The van der Waals surface area contributed by atoms with Crippen LogP contribution in [0.2, 0.25) is 5.02 Å². The van der Waals surface area contributed by atoms with Gasteiger partial charge in [-0.05, 0) is 69.0 Å². The van der Waals surface area contributed by atoms with E-state index < -0.39 is 0 Å². The number of para-hydroxylation sites is 2. The number of imidazole rings is 1. The molecule has 2 fully saturated rings. The molecule has 3 aromatic rings. The molecule has 0 bridgehead atoms. The van der Waals surface area contributed by atoms with Gasteiger partial charge in [0.05, 0.1) is 11.0 Å². The minimum Gasteiger partial charge on any atom is -0.343 e. The summed E-state index contributed by atoms with van der Waals surface area (Å²) in [4.78, 5) is 47.0. The third kappa shape index (κ3) is 5.81. The zero-order valence-electron chi connectivity index (χ0n) is 21.9. The predicted octanol–water partition coefficient (Wildman–Crippen LogP) is 4.30. The van der Waals surface area contributed by atoms with Gasteiger partial charge in [-0.25, -0.2) is 4.79 Å². The van der Waals surface area contributed by atoms with Crippen LogP contribution in [0.3, 0.4) is 0 Å². The van der Waals surface area contributed by atoms with E-state index in [0.29, 0.717) is 37.5 Å². The van der Waals surface area contributed by atoms with Gasteiger partial charge in [-0.15, -0.1) is 0 Å². The highest BCUT2D eigenvalue weighted by molar-refractivity contribution is 6.30. The highest BCUT2D eigenvalue weighted by Gasteiger charge is 2.30. The van der Waals surface area contributed by atoms with Gasteiger partial charge in [0.15, 0.2) is 0 Å². The highest BCUT2D eigenvalue weighted by Crippen LogP contribution is 2.27. The van der Waals surface area contributed by atoms with Crippen LogP contribution in [-0.4, -0.2) is 70.4 Å². The number of hydrogen-bond donors (Lipinski definition) is 1. The number of amides is 2. The Balaban J connectivity index is 1.18. The summed E-state index contributed by atoms with van der Waals surface area (Å²) in [6.45, 7) is 6.20. The molecule has 2 amide bonds. The monoisotopic (exact) mass is 537 g/mol. The summed E-state index contributed by atoms with van der Waals surface area (Å²) < 4.78 is 1.92. The molecule has 1 aromatic heterocycles. The first kappa shape index (κ1) is 26.5. The first-order chi connectivity index (χ1) is 18.4. The lowest BCUT2D eigenvalue weighted by molar-refractivity contribution is -0.133. The minimum absolute atomic E-state index is 0.0329. The van der Waals surface area contributed by atoms with E-state index in [-0.39, 0.29) is 29.5 Å². The molecule has 5 rings (SSSR count). The average Bonchev–Trinajstić information content (AvgIpc) is 3.27. The maximum atomic E-state index is 13.6. The molecular formula is C29H36ClN5O3. The van der Waals surface area contributed by atoms with Crippen molar-refractivity contribution >= 4 is 40.1 Å². The van der Waals surface area contributed by atoms with Gasteiger partial charge in [0.1, 0.15) is 0 Å². The number of aromatic amines is 1. The Hall–Kier alpha value is -3.10. The van der Waals surface area contributed by atoms with Gasteiger partial charge in [-0.3, -0.25) is 14.2 Å². The molecule has 0 saturated carbocycles. The molecule has 8 nitrogen and oxygen atoms in total. The topological polar surface area (TPSA) is 81.7 Å². The molecule has 2 aliphatic rings. The van der Waals surface area contributed by atoms with E-state index in [1.807, 2.05) is 62.9 Å². The summed E-state index contributed by atoms with van der Waals surface area (Å²) in [7, 11) is 0. The number of anilines is 1. The van der Waals surface area contributed by atoms with Crippen molar-refractivity contribution in [3.8, 4) is 0 Å². The fourth-order valence-electron chi connectivity index (χ4n) is 5.96. The number of aromatic nitrogens is 2. The quantitative estimate of drug-likeness (QED) is 0.487. The van der Waals surface area contributed by atoms with Crippen molar-refractivity contribution in [2.75, 3.05) is 44.2 Å². The zero-order valence-corrected chi connectivity index (χ0v) is 22.7. The molecule has 2 aliphatic heterocycles. The summed E-state index contributed by atoms with van der Waals surface area (Å²) in [6, 6.07) is 15.6. The van der Waals surface area contributed by atoms with E-state index in [1.54, 1.807) is 6.92 Å². The number of benzene rings is 2. The van der Waals surface area contributed by atoms with E-state index in [4.69, 9.17) is 11.6 Å². The molecule has 3 heterocycles. The van der Waals surface area contributed by atoms with E-state index in [2.05, 4.69) is 9.88 Å². The number of nitrogens with one attached hydrogen (secondary N) is 1. The van der Waals surface area contributed by atoms with Crippen LogP contribution in [0.1, 0.15) is 45.1 Å². The van der Waals surface area contributed by atoms with Gasteiger partial charge < -0.3 is 19.7 Å². The lowest BCUT2D eigenvalue weighted by atomic mass is 9.94. The van der Waals surface area contributed by atoms with E-state index >= 15 is 0 Å². The van der Waals surface area contributed by atoms with Crippen molar-refractivity contribution in [2.24, 2.45) is 5.92 Å². The molecule has 2 aromatic carbocycles. The third-order valence-corrected chi connectivity index (χ3v) is 8.31. The van der Waals surface area contributed by atoms with Crippen molar-refractivity contribution < 1.29 is 9.59 Å². The van der Waals surface area contributed by atoms with Crippen LogP contribution in [0.5, 0.6) is 0 Å². The second-order valence-electron chi connectivity index (χ2n) is 10.5. The Kier molecular flexibility index (Phi) is 8.19. The SMILES string of the molecule is CC(=O)N1CCC(C(=O)N(CCCN2CCC(n3c(=O)[nH]c4ccccc43)CC2)c2cccc(Cl)c2)CC1. The number of H-pyrrole nitrogens is 1. The van der Waals surface area contributed by atoms with Crippen molar-refractivity contribution in [1.29, 1.82) is 0 Å². The molecule has 9 heteroatoms. The van der Waals surface area contributed by atoms with Crippen LogP contribution in [0.25, 0.3) is 11.0 Å². The molecule has 2 saturated heterocycles. The Bertz CT molecular complexity index is 1340. The Morgan fingerprint density at radius 3 is 2.45 bits per heavy atom. The van der Waals surface area contributed by atoms with Crippen LogP contribution in [0.15, 0.2) is 53.3 Å². The summed E-state index contributed by atoms with van der Waals surface area (Å²) in [5, 5.41) is 0.612. The first-order valence-electron chi connectivity index (χ1n) is 13.6. The number of piperidine rings is 2. The van der Waals surface area contributed by atoms with Crippen LogP contribution < -0.4 is 10.6 Å². The molecule has 202 valence electrons. The minimum atomic E-state index is -0.0881. The second-order valence-corrected chi connectivity index (χ2v) is 10.9. The van der Waals surface area contributed by atoms with Crippen LogP contribution >= 0.6 is 11.6 Å². The summed E-state index contributed by atoms with van der Waals surface area (Å²) in [6.07, 6.45) is 4.08. The lowest BCUT2D eigenvalue weighted by Crippen LogP contribution is -2.45. The average molecular weight is 538 g/mol. The fraction of sp³-hybridized carbons (Fsp3) is 0.483. The van der Waals surface area contributed by atoms with Gasteiger partial charge in [0.2, 0.25) is 11.8 Å². The third-order valence-electron chi connectivity index (χ3n) is 8.08. The Morgan fingerprint density at radius 1 is 1.00 bits per heavy atom. The van der Waals surface area contributed by atoms with E-state index in [0.717, 1.165) is 55.6 Å². The maximum absolute atomic E-state index is 13.6. The standard InChI is InChI=1S/C29H36ClN5O3/c1-21(36)33-18-10-22(11-19-33)28(37)34(25-7-4-6-23(30)20-25)15-5-14-32-16-12-24(13-17-32)35-27-9-3-2-8-26(27)31-29(35)38/h2-4,6-9,20,22,24H,5,10-19H2,1H3,(H,31,38). The number of nitrogens with zero attached hydrogens (tertiary/aromatic N) is 4. The van der Waals surface area contributed by atoms with Gasteiger partial charge in [-0.2, -0.15) is 0 Å². The summed E-state index contributed by atoms with van der Waals surface area (Å²) in [5.41, 5.74) is 2.65. The highest BCUT2D eigenvalue weighted by atomic mass is 35.5. The van der Waals surface area contributed by atoms with E-state index in [1.165, 1.54) is 0 Å². The maximum Gasteiger partial charge on any atom is 0.326 e. The number of likely N-dealkylation sites (tertiary alicyclic amines) is 2. The van der Waals surface area contributed by atoms with Gasteiger partial charge in [-0.1, -0.05) is 29.8 Å². The fourth-order valence-corrected chi connectivity index (χ4v) is 6.15. The molecule has 0 unspecified atom stereocenters. The van der Waals surface area contributed by atoms with Crippen LogP contribution in [-0.2, 0) is 9.59 Å². The molecule has 1 N–H and O–H groups in total. The van der Waals surface area contributed by atoms with Crippen molar-refractivity contribution in [3.05, 3.63) is 64.0 Å². The number of fused-ring (bicyclic) bond motifs is 1. The van der Waals surface area contributed by atoms with Gasteiger partial charge in [0.25, 0.3) is 0 Å². The molecule has 0 aliphatic carbocycles. The number of rotatable bonds is 7. The smallest absolute Gasteiger partial charge is 0.326 e. The van der Waals surface area contributed by atoms with Crippen LogP contribution in [0.4, 0.5) is 5.69 Å². The predicted molar refractivity (Wildman–Crippen MR) is 151 cm³/mol.